The Morgan fingerprint density at radius 3 is 3.24 bits per heavy atom. The summed E-state index contributed by atoms with van der Waals surface area (Å²) in [6.45, 7) is 6.67. The highest BCUT2D eigenvalue weighted by Crippen LogP contribution is 2.14. The molecular formula is C11H17N3O2S. The molecule has 0 aliphatic carbocycles. The molecule has 0 bridgehead atoms. The van der Waals surface area contributed by atoms with Gasteiger partial charge in [-0.1, -0.05) is 0 Å². The van der Waals surface area contributed by atoms with Gasteiger partial charge in [-0.2, -0.15) is 0 Å². The average Bonchev–Trinajstić information content (AvgIpc) is 2.63. The van der Waals surface area contributed by atoms with E-state index in [1.165, 1.54) is 11.3 Å². The van der Waals surface area contributed by atoms with E-state index in [-0.39, 0.29) is 12.0 Å². The predicted octanol–water partition coefficient (Wildman–Crippen LogP) is 1.11. The van der Waals surface area contributed by atoms with Crippen molar-refractivity contribution < 1.29 is 9.53 Å². The summed E-state index contributed by atoms with van der Waals surface area (Å²) in [5, 5.41) is 5.41. The molecule has 1 fully saturated rings. The van der Waals surface area contributed by atoms with Crippen LogP contribution >= 0.6 is 11.3 Å². The maximum atomic E-state index is 11.8. The number of hydrogen-bond acceptors (Lipinski definition) is 5. The van der Waals surface area contributed by atoms with E-state index in [0.717, 1.165) is 18.8 Å². The Bertz CT molecular complexity index is 394. The molecule has 1 atom stereocenters. The van der Waals surface area contributed by atoms with E-state index in [1.807, 2.05) is 19.2 Å². The van der Waals surface area contributed by atoms with Crippen LogP contribution in [0.25, 0.3) is 0 Å². The van der Waals surface area contributed by atoms with Crippen LogP contribution in [0.4, 0.5) is 5.13 Å². The van der Waals surface area contributed by atoms with Crippen LogP contribution < -0.4 is 5.32 Å². The van der Waals surface area contributed by atoms with Gasteiger partial charge in [0, 0.05) is 18.5 Å². The monoisotopic (exact) mass is 255 g/mol. The number of morpholine rings is 1. The highest BCUT2D eigenvalue weighted by atomic mass is 32.1. The van der Waals surface area contributed by atoms with E-state index in [4.69, 9.17) is 4.74 Å². The first-order valence-corrected chi connectivity index (χ1v) is 6.57. The second kappa shape index (κ2) is 5.57. The van der Waals surface area contributed by atoms with E-state index in [0.29, 0.717) is 18.3 Å². The first-order valence-electron chi connectivity index (χ1n) is 5.69. The summed E-state index contributed by atoms with van der Waals surface area (Å²) in [4.78, 5) is 18.1. The highest BCUT2D eigenvalue weighted by Gasteiger charge is 2.19. The molecule has 6 heteroatoms. The van der Waals surface area contributed by atoms with Crippen molar-refractivity contribution in [1.82, 2.24) is 9.88 Å². The largest absolute Gasteiger partial charge is 0.376 e. The maximum Gasteiger partial charge on any atom is 0.240 e. The van der Waals surface area contributed by atoms with Crippen LogP contribution in [0, 0.1) is 6.92 Å². The molecule has 1 N–H and O–H groups in total. The number of carbonyl (C=O) groups is 1. The number of hydrogen-bond donors (Lipinski definition) is 1. The normalized spacial score (nSPS) is 21.4. The molecule has 0 aromatic carbocycles. The number of anilines is 1. The van der Waals surface area contributed by atoms with Gasteiger partial charge in [-0.15, -0.1) is 11.3 Å². The Kier molecular flexibility index (Phi) is 4.09. The Labute approximate surface area is 105 Å². The lowest BCUT2D eigenvalue weighted by Gasteiger charge is -2.30. The molecule has 1 aliphatic rings. The molecule has 1 amide bonds. The van der Waals surface area contributed by atoms with Crippen LogP contribution in [0.15, 0.2) is 5.38 Å². The minimum absolute atomic E-state index is 0.00606. The number of amides is 1. The van der Waals surface area contributed by atoms with E-state index in [2.05, 4.69) is 15.2 Å². The van der Waals surface area contributed by atoms with Gasteiger partial charge in [0.25, 0.3) is 0 Å². The average molecular weight is 255 g/mol. The molecule has 17 heavy (non-hydrogen) atoms. The lowest BCUT2D eigenvalue weighted by Crippen LogP contribution is -2.44. The van der Waals surface area contributed by atoms with Gasteiger partial charge in [0.2, 0.25) is 5.91 Å². The van der Waals surface area contributed by atoms with Crippen molar-refractivity contribution in [1.29, 1.82) is 0 Å². The minimum Gasteiger partial charge on any atom is -0.376 e. The molecule has 1 saturated heterocycles. The Morgan fingerprint density at radius 1 is 1.76 bits per heavy atom. The topological polar surface area (TPSA) is 54.5 Å². The second-order valence-corrected chi connectivity index (χ2v) is 5.12. The smallest absolute Gasteiger partial charge is 0.240 e. The molecule has 0 saturated carbocycles. The predicted molar refractivity (Wildman–Crippen MR) is 67.3 cm³/mol. The molecule has 1 aliphatic heterocycles. The highest BCUT2D eigenvalue weighted by molar-refractivity contribution is 7.13. The van der Waals surface area contributed by atoms with Gasteiger partial charge in [-0.25, -0.2) is 4.98 Å². The van der Waals surface area contributed by atoms with Crippen LogP contribution in [0.5, 0.6) is 0 Å². The Hall–Kier alpha value is -0.980. The standard InChI is InChI=1S/C11H17N3O2S/c1-8-7-17-11(12-8)13-10(15)6-14-3-4-16-9(2)5-14/h7,9H,3-6H2,1-2H3,(H,12,13,15). The Morgan fingerprint density at radius 2 is 2.59 bits per heavy atom. The number of nitrogens with zero attached hydrogens (tertiary/aromatic N) is 2. The summed E-state index contributed by atoms with van der Waals surface area (Å²) in [7, 11) is 0. The number of ether oxygens (including phenoxy) is 1. The molecule has 5 nitrogen and oxygen atoms in total. The van der Waals surface area contributed by atoms with Gasteiger partial charge in [0.1, 0.15) is 0 Å². The number of rotatable bonds is 3. The third-order valence-corrected chi connectivity index (χ3v) is 3.43. The molecule has 1 aromatic rings. The molecule has 1 unspecified atom stereocenters. The molecule has 1 aromatic heterocycles. The summed E-state index contributed by atoms with van der Waals surface area (Å²) in [5.41, 5.74) is 0.935. The van der Waals surface area contributed by atoms with Crippen molar-refractivity contribution in [2.24, 2.45) is 0 Å². The number of carbonyl (C=O) groups excluding carboxylic acids is 1. The molecule has 94 valence electrons. The fourth-order valence-electron chi connectivity index (χ4n) is 1.81. The van der Waals surface area contributed by atoms with E-state index < -0.39 is 0 Å². The van der Waals surface area contributed by atoms with Crippen LogP contribution in [0.2, 0.25) is 0 Å². The van der Waals surface area contributed by atoms with Crippen molar-refractivity contribution >= 4 is 22.4 Å². The van der Waals surface area contributed by atoms with Gasteiger partial charge in [0.15, 0.2) is 5.13 Å². The van der Waals surface area contributed by atoms with Gasteiger partial charge in [-0.3, -0.25) is 9.69 Å². The van der Waals surface area contributed by atoms with E-state index in [9.17, 15) is 4.79 Å². The van der Waals surface area contributed by atoms with Crippen LogP contribution in [0.3, 0.4) is 0 Å². The number of nitrogens with one attached hydrogen (secondary N) is 1. The van der Waals surface area contributed by atoms with E-state index in [1.54, 1.807) is 0 Å². The molecule has 0 spiro atoms. The number of aryl methyl sites for hydroxylation is 1. The second-order valence-electron chi connectivity index (χ2n) is 4.26. The number of thiazole rings is 1. The Balaban J connectivity index is 1.80. The summed E-state index contributed by atoms with van der Waals surface area (Å²) in [5.74, 6) is -0.00606. The maximum absolute atomic E-state index is 11.8. The summed E-state index contributed by atoms with van der Waals surface area (Å²) < 4.78 is 5.43. The van der Waals surface area contributed by atoms with Crippen LogP contribution in [-0.4, -0.2) is 48.1 Å². The summed E-state index contributed by atoms with van der Waals surface area (Å²) in [6, 6.07) is 0. The zero-order valence-corrected chi connectivity index (χ0v) is 10.9. The first-order chi connectivity index (χ1) is 8.13. The zero-order chi connectivity index (χ0) is 12.3. The SMILES string of the molecule is Cc1csc(NC(=O)CN2CCOC(C)C2)n1. The molecule has 2 rings (SSSR count). The van der Waals surface area contributed by atoms with Crippen molar-refractivity contribution in [2.75, 3.05) is 31.6 Å². The third kappa shape index (κ3) is 3.76. The van der Waals surface area contributed by atoms with Gasteiger partial charge in [0.05, 0.1) is 24.9 Å². The van der Waals surface area contributed by atoms with Crippen molar-refractivity contribution in [2.45, 2.75) is 20.0 Å². The molecular weight excluding hydrogens is 238 g/mol. The van der Waals surface area contributed by atoms with Gasteiger partial charge < -0.3 is 10.1 Å². The lowest BCUT2D eigenvalue weighted by molar-refractivity contribution is -0.119. The minimum atomic E-state index is -0.00606. The van der Waals surface area contributed by atoms with Crippen molar-refractivity contribution in [3.63, 3.8) is 0 Å². The van der Waals surface area contributed by atoms with Gasteiger partial charge >= 0.3 is 0 Å². The first kappa shape index (κ1) is 12.5. The molecule has 2 heterocycles. The zero-order valence-electron chi connectivity index (χ0n) is 10.1. The van der Waals surface area contributed by atoms with Crippen LogP contribution in [-0.2, 0) is 9.53 Å². The van der Waals surface area contributed by atoms with E-state index >= 15 is 0 Å². The summed E-state index contributed by atoms with van der Waals surface area (Å²) in [6.07, 6.45) is 0.207. The third-order valence-electron chi connectivity index (χ3n) is 2.56. The quantitative estimate of drug-likeness (QED) is 0.879. The van der Waals surface area contributed by atoms with Crippen molar-refractivity contribution in [3.05, 3.63) is 11.1 Å². The summed E-state index contributed by atoms with van der Waals surface area (Å²) >= 11 is 1.45. The van der Waals surface area contributed by atoms with Crippen LogP contribution in [0.1, 0.15) is 12.6 Å². The van der Waals surface area contributed by atoms with Gasteiger partial charge in [-0.05, 0) is 13.8 Å². The number of aromatic nitrogens is 1. The molecule has 0 radical (unpaired) electrons. The van der Waals surface area contributed by atoms with Crippen molar-refractivity contribution in [3.8, 4) is 0 Å². The lowest BCUT2D eigenvalue weighted by atomic mass is 10.3. The fraction of sp³-hybridized carbons (Fsp3) is 0.636. The fourth-order valence-corrected chi connectivity index (χ4v) is 2.51.